The van der Waals surface area contributed by atoms with Gasteiger partial charge in [0.1, 0.15) is 4.88 Å². The predicted octanol–water partition coefficient (Wildman–Crippen LogP) is 1.62. The molecule has 0 saturated heterocycles. The third-order valence-corrected chi connectivity index (χ3v) is 3.44. The van der Waals surface area contributed by atoms with Gasteiger partial charge >= 0.3 is 11.9 Å². The summed E-state index contributed by atoms with van der Waals surface area (Å²) in [5.74, 6) is -1.65. The molecule has 0 atom stereocenters. The molecule has 110 valence electrons. The molecule has 9 nitrogen and oxygen atoms in total. The van der Waals surface area contributed by atoms with Crippen molar-refractivity contribution >= 4 is 29.0 Å². The maximum atomic E-state index is 11.6. The first-order chi connectivity index (χ1) is 9.99. The van der Waals surface area contributed by atoms with Crippen molar-refractivity contribution in [3.05, 3.63) is 32.9 Å². The van der Waals surface area contributed by atoms with Gasteiger partial charge in [0.2, 0.25) is 0 Å². The summed E-state index contributed by atoms with van der Waals surface area (Å²) in [6.07, 6.45) is 0. The smallest absolute Gasteiger partial charge is 0.359 e. The molecule has 0 aliphatic carbocycles. The van der Waals surface area contributed by atoms with Gasteiger partial charge in [-0.1, -0.05) is 0 Å². The molecule has 0 aliphatic heterocycles. The number of thiophene rings is 1. The number of imidazole rings is 1. The van der Waals surface area contributed by atoms with E-state index in [2.05, 4.69) is 19.4 Å². The number of methoxy groups -OCH3 is 2. The lowest BCUT2D eigenvalue weighted by molar-refractivity contribution is -0.383. The van der Waals surface area contributed by atoms with Crippen molar-refractivity contribution < 1.29 is 24.0 Å². The second kappa shape index (κ2) is 5.71. The summed E-state index contributed by atoms with van der Waals surface area (Å²) in [6, 6.07) is 1.30. The van der Waals surface area contributed by atoms with E-state index in [1.165, 1.54) is 11.4 Å². The zero-order valence-corrected chi connectivity index (χ0v) is 11.7. The number of ether oxygens (including phenoxy) is 2. The van der Waals surface area contributed by atoms with Crippen LogP contribution in [0.3, 0.4) is 0 Å². The minimum atomic E-state index is -0.850. The van der Waals surface area contributed by atoms with Crippen LogP contribution >= 0.6 is 11.3 Å². The molecule has 2 rings (SSSR count). The molecular formula is C11H9N3O6S. The predicted molar refractivity (Wildman–Crippen MR) is 71.2 cm³/mol. The van der Waals surface area contributed by atoms with Gasteiger partial charge in [-0.15, -0.1) is 11.3 Å². The van der Waals surface area contributed by atoms with E-state index in [9.17, 15) is 19.7 Å². The Bertz CT molecular complexity index is 686. The number of rotatable bonds is 4. The fraction of sp³-hybridized carbons (Fsp3) is 0.182. The van der Waals surface area contributed by atoms with Crippen LogP contribution in [0.1, 0.15) is 21.0 Å². The van der Waals surface area contributed by atoms with Gasteiger partial charge in [0.05, 0.1) is 19.1 Å². The van der Waals surface area contributed by atoms with Crippen LogP contribution in [0.15, 0.2) is 11.4 Å². The fourth-order valence-corrected chi connectivity index (χ4v) is 2.40. The number of esters is 2. The first kappa shape index (κ1) is 14.7. The maximum absolute atomic E-state index is 11.6. The standard InChI is InChI=1S/C11H9N3O6S/c1-19-10(15)6-7(11(16)20-2)13-9(12-6)8-5(14(17)18)3-4-21-8/h3-4H,1-2H3,(H,12,13). The van der Waals surface area contributed by atoms with Crippen molar-refractivity contribution in [2.75, 3.05) is 14.2 Å². The SMILES string of the molecule is COC(=O)c1nc(-c2sccc2[N+](=O)[O-])[nH]c1C(=O)OC. The van der Waals surface area contributed by atoms with Gasteiger partial charge in [-0.3, -0.25) is 10.1 Å². The highest BCUT2D eigenvalue weighted by Crippen LogP contribution is 2.34. The quantitative estimate of drug-likeness (QED) is 0.516. The zero-order valence-electron chi connectivity index (χ0n) is 10.9. The first-order valence-corrected chi connectivity index (χ1v) is 6.36. The average molecular weight is 311 g/mol. The molecule has 21 heavy (non-hydrogen) atoms. The highest BCUT2D eigenvalue weighted by molar-refractivity contribution is 7.14. The maximum Gasteiger partial charge on any atom is 0.359 e. The van der Waals surface area contributed by atoms with Gasteiger partial charge in [-0.05, 0) is 5.38 Å². The van der Waals surface area contributed by atoms with Crippen molar-refractivity contribution in [2.45, 2.75) is 0 Å². The lowest BCUT2D eigenvalue weighted by Crippen LogP contribution is -2.11. The number of aromatic amines is 1. The Hall–Kier alpha value is -2.75. The van der Waals surface area contributed by atoms with Crippen LogP contribution in [0.25, 0.3) is 10.7 Å². The van der Waals surface area contributed by atoms with E-state index in [0.717, 1.165) is 25.6 Å². The highest BCUT2D eigenvalue weighted by Gasteiger charge is 2.28. The topological polar surface area (TPSA) is 124 Å². The lowest BCUT2D eigenvalue weighted by atomic mass is 10.3. The molecule has 2 heterocycles. The Morgan fingerprint density at radius 3 is 2.57 bits per heavy atom. The van der Waals surface area contributed by atoms with Crippen molar-refractivity contribution in [1.82, 2.24) is 9.97 Å². The van der Waals surface area contributed by atoms with Gasteiger partial charge < -0.3 is 14.5 Å². The molecule has 0 radical (unpaired) electrons. The Balaban J connectivity index is 2.58. The number of hydrogen-bond donors (Lipinski definition) is 1. The number of nitrogens with one attached hydrogen (secondary N) is 1. The molecule has 0 aromatic carbocycles. The second-order valence-electron chi connectivity index (χ2n) is 3.68. The summed E-state index contributed by atoms with van der Waals surface area (Å²) in [4.78, 5) is 40.2. The molecule has 0 amide bonds. The summed E-state index contributed by atoms with van der Waals surface area (Å²) in [5, 5.41) is 12.4. The highest BCUT2D eigenvalue weighted by atomic mass is 32.1. The van der Waals surface area contributed by atoms with E-state index >= 15 is 0 Å². The van der Waals surface area contributed by atoms with Crippen molar-refractivity contribution in [2.24, 2.45) is 0 Å². The minimum Gasteiger partial charge on any atom is -0.464 e. The largest absolute Gasteiger partial charge is 0.464 e. The van der Waals surface area contributed by atoms with Gasteiger partial charge in [-0.2, -0.15) is 0 Å². The van der Waals surface area contributed by atoms with Gasteiger partial charge in [-0.25, -0.2) is 14.6 Å². The Kier molecular flexibility index (Phi) is 3.98. The van der Waals surface area contributed by atoms with Crippen LogP contribution in [-0.4, -0.2) is 41.0 Å². The number of hydrogen-bond acceptors (Lipinski definition) is 8. The molecule has 0 bridgehead atoms. The van der Waals surface area contributed by atoms with Crippen LogP contribution in [0.2, 0.25) is 0 Å². The molecule has 0 spiro atoms. The molecule has 0 unspecified atom stereocenters. The Labute approximate surface area is 121 Å². The summed E-state index contributed by atoms with van der Waals surface area (Å²) in [7, 11) is 2.27. The monoisotopic (exact) mass is 311 g/mol. The molecule has 0 saturated carbocycles. The van der Waals surface area contributed by atoms with E-state index in [-0.39, 0.29) is 27.8 Å². The van der Waals surface area contributed by atoms with Crippen LogP contribution < -0.4 is 0 Å². The van der Waals surface area contributed by atoms with E-state index in [0.29, 0.717) is 0 Å². The number of nitrogens with zero attached hydrogens (tertiary/aromatic N) is 2. The summed E-state index contributed by atoms with van der Waals surface area (Å²) in [5.41, 5.74) is -0.689. The van der Waals surface area contributed by atoms with Gasteiger partial charge in [0, 0.05) is 6.07 Å². The van der Waals surface area contributed by atoms with Crippen LogP contribution in [0, 0.1) is 10.1 Å². The van der Waals surface area contributed by atoms with E-state index in [4.69, 9.17) is 0 Å². The lowest BCUT2D eigenvalue weighted by Gasteiger charge is -1.97. The average Bonchev–Trinajstić information content (AvgIpc) is 3.11. The molecule has 10 heteroatoms. The third-order valence-electron chi connectivity index (χ3n) is 2.53. The van der Waals surface area contributed by atoms with Crippen LogP contribution in [0.4, 0.5) is 5.69 Å². The van der Waals surface area contributed by atoms with Crippen molar-refractivity contribution in [1.29, 1.82) is 0 Å². The number of H-pyrrole nitrogens is 1. The van der Waals surface area contributed by atoms with Crippen LogP contribution in [0.5, 0.6) is 0 Å². The normalized spacial score (nSPS) is 10.2. The Morgan fingerprint density at radius 1 is 1.33 bits per heavy atom. The zero-order chi connectivity index (χ0) is 15.6. The molecule has 2 aromatic rings. The van der Waals surface area contributed by atoms with E-state index in [1.54, 1.807) is 0 Å². The number of nitro groups is 1. The molecule has 0 fully saturated rings. The Morgan fingerprint density at radius 2 is 2.00 bits per heavy atom. The number of carbonyl (C=O) groups excluding carboxylic acids is 2. The summed E-state index contributed by atoms with van der Waals surface area (Å²) < 4.78 is 9.05. The van der Waals surface area contributed by atoms with Gasteiger partial charge in [0.25, 0.3) is 5.69 Å². The molecule has 1 N–H and O–H groups in total. The second-order valence-corrected chi connectivity index (χ2v) is 4.60. The van der Waals surface area contributed by atoms with Crippen molar-refractivity contribution in [3.8, 4) is 10.7 Å². The summed E-state index contributed by atoms with van der Waals surface area (Å²) >= 11 is 1.05. The number of carbonyl (C=O) groups is 2. The minimum absolute atomic E-state index is 0.0255. The number of aromatic nitrogens is 2. The molecular weight excluding hydrogens is 302 g/mol. The molecule has 2 aromatic heterocycles. The van der Waals surface area contributed by atoms with E-state index in [1.807, 2.05) is 0 Å². The van der Waals surface area contributed by atoms with Crippen LogP contribution in [-0.2, 0) is 9.47 Å². The van der Waals surface area contributed by atoms with E-state index < -0.39 is 16.9 Å². The molecule has 0 aliphatic rings. The fourth-order valence-electron chi connectivity index (χ4n) is 1.60. The van der Waals surface area contributed by atoms with Gasteiger partial charge in [0.15, 0.2) is 17.2 Å². The van der Waals surface area contributed by atoms with Crippen molar-refractivity contribution in [3.63, 3.8) is 0 Å². The summed E-state index contributed by atoms with van der Waals surface area (Å²) in [6.45, 7) is 0. The first-order valence-electron chi connectivity index (χ1n) is 5.48. The third kappa shape index (κ3) is 2.60.